The van der Waals surface area contributed by atoms with Gasteiger partial charge in [-0.05, 0) is 12.5 Å². The van der Waals surface area contributed by atoms with Crippen molar-refractivity contribution in [3.05, 3.63) is 29.8 Å². The zero-order valence-electron chi connectivity index (χ0n) is 10.0. The number of anilines is 1. The lowest BCUT2D eigenvalue weighted by atomic mass is 10.1. The first-order chi connectivity index (χ1) is 8.70. The van der Waals surface area contributed by atoms with Gasteiger partial charge < -0.3 is 5.32 Å². The van der Waals surface area contributed by atoms with Gasteiger partial charge >= 0.3 is 12.1 Å². The SMILES string of the molecule is CCCC(=O)Nc1ccccc1C(F)(F)C(F)(F)F. The highest BCUT2D eigenvalue weighted by molar-refractivity contribution is 5.91. The standard InChI is InChI=1S/C12H12F5NO/c1-2-5-10(19)18-9-7-4-3-6-8(9)11(13,14)12(15,16)17/h3-4,6-7H,2,5H2,1H3,(H,18,19). The Morgan fingerprint density at radius 2 is 1.74 bits per heavy atom. The van der Waals surface area contributed by atoms with Crippen molar-refractivity contribution in [2.75, 3.05) is 5.32 Å². The van der Waals surface area contributed by atoms with Crippen LogP contribution in [0.25, 0.3) is 0 Å². The van der Waals surface area contributed by atoms with Gasteiger partial charge in [-0.1, -0.05) is 25.1 Å². The Kier molecular flexibility index (Phi) is 4.49. The lowest BCUT2D eigenvalue weighted by Crippen LogP contribution is -2.34. The molecule has 19 heavy (non-hydrogen) atoms. The van der Waals surface area contributed by atoms with E-state index in [4.69, 9.17) is 0 Å². The van der Waals surface area contributed by atoms with E-state index in [2.05, 4.69) is 5.32 Å². The Bertz CT molecular complexity index is 456. The van der Waals surface area contributed by atoms with Gasteiger partial charge in [-0.2, -0.15) is 22.0 Å². The van der Waals surface area contributed by atoms with Crippen molar-refractivity contribution in [1.29, 1.82) is 0 Å². The number of para-hydroxylation sites is 1. The molecule has 0 aliphatic heterocycles. The first kappa shape index (κ1) is 15.4. The second kappa shape index (κ2) is 5.54. The average molecular weight is 281 g/mol. The van der Waals surface area contributed by atoms with Crippen LogP contribution in [-0.4, -0.2) is 12.1 Å². The summed E-state index contributed by atoms with van der Waals surface area (Å²) in [5.74, 6) is -5.61. The van der Waals surface area contributed by atoms with Crippen molar-refractivity contribution in [2.45, 2.75) is 31.9 Å². The van der Waals surface area contributed by atoms with E-state index in [0.717, 1.165) is 12.1 Å². The van der Waals surface area contributed by atoms with Gasteiger partial charge in [-0.15, -0.1) is 0 Å². The third-order valence-corrected chi connectivity index (χ3v) is 2.37. The van der Waals surface area contributed by atoms with E-state index in [1.807, 2.05) is 0 Å². The summed E-state index contributed by atoms with van der Waals surface area (Å²) >= 11 is 0. The third-order valence-electron chi connectivity index (χ3n) is 2.37. The smallest absolute Gasteiger partial charge is 0.326 e. The van der Waals surface area contributed by atoms with Gasteiger partial charge in [0.15, 0.2) is 0 Å². The minimum atomic E-state index is -5.71. The summed E-state index contributed by atoms with van der Waals surface area (Å²) in [5, 5.41) is 2.07. The Morgan fingerprint density at radius 3 is 2.26 bits per heavy atom. The molecule has 1 N–H and O–H groups in total. The number of nitrogens with one attached hydrogen (secondary N) is 1. The monoisotopic (exact) mass is 281 g/mol. The van der Waals surface area contributed by atoms with Crippen molar-refractivity contribution >= 4 is 11.6 Å². The molecule has 1 aromatic carbocycles. The van der Waals surface area contributed by atoms with Crippen LogP contribution in [0.4, 0.5) is 27.6 Å². The van der Waals surface area contributed by atoms with Crippen LogP contribution in [0.3, 0.4) is 0 Å². The summed E-state index contributed by atoms with van der Waals surface area (Å²) in [5.41, 5.74) is -1.78. The lowest BCUT2D eigenvalue weighted by molar-refractivity contribution is -0.289. The summed E-state index contributed by atoms with van der Waals surface area (Å²) in [4.78, 5) is 11.3. The molecule has 0 aromatic heterocycles. The summed E-state index contributed by atoms with van der Waals surface area (Å²) in [7, 11) is 0. The fourth-order valence-electron chi connectivity index (χ4n) is 1.46. The Balaban J connectivity index is 3.13. The number of hydrogen-bond donors (Lipinski definition) is 1. The van der Waals surface area contributed by atoms with Gasteiger partial charge in [0.25, 0.3) is 0 Å². The van der Waals surface area contributed by atoms with Crippen LogP contribution in [0.15, 0.2) is 24.3 Å². The molecule has 2 nitrogen and oxygen atoms in total. The molecule has 0 radical (unpaired) electrons. The lowest BCUT2D eigenvalue weighted by Gasteiger charge is -2.22. The highest BCUT2D eigenvalue weighted by Gasteiger charge is 2.59. The minimum Gasteiger partial charge on any atom is -0.326 e. The molecule has 0 saturated heterocycles. The molecule has 0 heterocycles. The number of carbonyl (C=O) groups excluding carboxylic acids is 1. The molecule has 0 aliphatic rings. The topological polar surface area (TPSA) is 29.1 Å². The van der Waals surface area contributed by atoms with Crippen LogP contribution in [-0.2, 0) is 10.7 Å². The molecule has 1 rings (SSSR count). The van der Waals surface area contributed by atoms with Crippen molar-refractivity contribution in [3.63, 3.8) is 0 Å². The van der Waals surface area contributed by atoms with Crippen LogP contribution < -0.4 is 5.32 Å². The Labute approximate surface area is 106 Å². The highest BCUT2D eigenvalue weighted by Crippen LogP contribution is 2.46. The van der Waals surface area contributed by atoms with E-state index in [1.165, 1.54) is 6.07 Å². The van der Waals surface area contributed by atoms with Crippen LogP contribution in [0, 0.1) is 0 Å². The summed E-state index contributed by atoms with van der Waals surface area (Å²) in [6.45, 7) is 1.69. The number of rotatable bonds is 4. The van der Waals surface area contributed by atoms with Crippen molar-refractivity contribution in [3.8, 4) is 0 Å². The molecule has 1 amide bonds. The predicted molar refractivity (Wildman–Crippen MR) is 59.9 cm³/mol. The van der Waals surface area contributed by atoms with Crippen LogP contribution in [0.1, 0.15) is 25.3 Å². The molecular weight excluding hydrogens is 269 g/mol. The zero-order chi connectivity index (χ0) is 14.7. The normalized spacial score (nSPS) is 12.3. The molecule has 7 heteroatoms. The summed E-state index contributed by atoms with van der Waals surface area (Å²) in [6, 6.07) is 4.00. The molecule has 0 atom stereocenters. The molecule has 1 aromatic rings. The molecular formula is C12H12F5NO. The minimum absolute atomic E-state index is 0.0475. The van der Waals surface area contributed by atoms with Crippen LogP contribution >= 0.6 is 0 Å². The number of carbonyl (C=O) groups is 1. The van der Waals surface area contributed by atoms with Gasteiger partial charge in [0.05, 0.1) is 11.3 Å². The molecule has 0 aliphatic carbocycles. The fraction of sp³-hybridized carbons (Fsp3) is 0.417. The van der Waals surface area contributed by atoms with Crippen molar-refractivity contribution < 1.29 is 26.7 Å². The van der Waals surface area contributed by atoms with Gasteiger partial charge in [-0.25, -0.2) is 0 Å². The predicted octanol–water partition coefficient (Wildman–Crippen LogP) is 4.08. The van der Waals surface area contributed by atoms with Gasteiger partial charge in [0, 0.05) is 6.42 Å². The Hall–Kier alpha value is -1.66. The number of halogens is 5. The van der Waals surface area contributed by atoms with E-state index < -0.39 is 29.3 Å². The quantitative estimate of drug-likeness (QED) is 0.828. The molecule has 0 saturated carbocycles. The number of hydrogen-bond acceptors (Lipinski definition) is 1. The number of alkyl halides is 5. The zero-order valence-corrected chi connectivity index (χ0v) is 10.0. The van der Waals surface area contributed by atoms with Gasteiger partial charge in [0.1, 0.15) is 0 Å². The van der Waals surface area contributed by atoms with E-state index in [9.17, 15) is 26.7 Å². The molecule has 106 valence electrons. The van der Waals surface area contributed by atoms with E-state index in [-0.39, 0.29) is 6.42 Å². The molecule has 0 spiro atoms. The average Bonchev–Trinajstić information content (AvgIpc) is 2.28. The van der Waals surface area contributed by atoms with Gasteiger partial charge in [-0.3, -0.25) is 4.79 Å². The van der Waals surface area contributed by atoms with Crippen molar-refractivity contribution in [2.24, 2.45) is 0 Å². The maximum Gasteiger partial charge on any atom is 0.458 e. The van der Waals surface area contributed by atoms with E-state index >= 15 is 0 Å². The molecule has 0 fully saturated rings. The largest absolute Gasteiger partial charge is 0.458 e. The van der Waals surface area contributed by atoms with Crippen molar-refractivity contribution in [1.82, 2.24) is 0 Å². The third kappa shape index (κ3) is 3.42. The van der Waals surface area contributed by atoms with E-state index in [0.29, 0.717) is 12.5 Å². The second-order valence-electron chi connectivity index (χ2n) is 3.92. The number of benzene rings is 1. The summed E-state index contributed by atoms with van der Waals surface area (Å²) < 4.78 is 63.5. The van der Waals surface area contributed by atoms with E-state index in [1.54, 1.807) is 6.92 Å². The highest BCUT2D eigenvalue weighted by atomic mass is 19.4. The molecule has 0 bridgehead atoms. The van der Waals surface area contributed by atoms with Crippen LogP contribution in [0.5, 0.6) is 0 Å². The van der Waals surface area contributed by atoms with Gasteiger partial charge in [0.2, 0.25) is 5.91 Å². The second-order valence-corrected chi connectivity index (χ2v) is 3.92. The first-order valence-corrected chi connectivity index (χ1v) is 5.54. The maximum absolute atomic E-state index is 13.3. The fourth-order valence-corrected chi connectivity index (χ4v) is 1.46. The summed E-state index contributed by atoms with van der Waals surface area (Å²) in [6.07, 6.45) is -5.20. The first-order valence-electron chi connectivity index (χ1n) is 5.54. The van der Waals surface area contributed by atoms with Crippen LogP contribution in [0.2, 0.25) is 0 Å². The molecule has 0 unspecified atom stereocenters. The Morgan fingerprint density at radius 1 is 1.16 bits per heavy atom. The maximum atomic E-state index is 13.3. The number of amides is 1.